The van der Waals surface area contributed by atoms with Crippen LogP contribution in [0.25, 0.3) is 72.1 Å². The molecule has 0 atom stereocenters. The van der Waals surface area contributed by atoms with Gasteiger partial charge in [0.25, 0.3) is 0 Å². The van der Waals surface area contributed by atoms with Crippen molar-refractivity contribution in [3.63, 3.8) is 0 Å². The molecule has 0 radical (unpaired) electrons. The molecule has 0 spiro atoms. The molecule has 0 amide bonds. The van der Waals surface area contributed by atoms with Gasteiger partial charge in [-0.25, -0.2) is 4.98 Å². The first-order valence-corrected chi connectivity index (χ1v) is 30.0. The van der Waals surface area contributed by atoms with E-state index in [-0.39, 0.29) is 10.8 Å². The lowest BCUT2D eigenvalue weighted by Gasteiger charge is -2.35. The van der Waals surface area contributed by atoms with E-state index < -0.39 is 5.41 Å². The Morgan fingerprint density at radius 3 is 1.56 bits per heavy atom. The van der Waals surface area contributed by atoms with Crippen molar-refractivity contribution in [1.82, 2.24) is 9.55 Å². The summed E-state index contributed by atoms with van der Waals surface area (Å²) in [5, 5.41) is 2.30. The fourth-order valence-corrected chi connectivity index (χ4v) is 13.7. The Bertz CT molecular complexity index is 4620. The normalized spacial score (nSPS) is 13.5. The van der Waals surface area contributed by atoms with Gasteiger partial charge in [-0.2, -0.15) is 0 Å². The molecule has 416 valence electrons. The molecule has 86 heavy (non-hydrogen) atoms. The zero-order valence-electron chi connectivity index (χ0n) is 49.5. The Hall–Kier alpha value is -10.2. The second kappa shape index (κ2) is 20.5. The Morgan fingerprint density at radius 2 is 0.930 bits per heavy atom. The number of benzene rings is 11. The van der Waals surface area contributed by atoms with Gasteiger partial charge in [0.05, 0.1) is 33.5 Å². The molecule has 13 aromatic rings. The van der Waals surface area contributed by atoms with Gasteiger partial charge in [-0.05, 0) is 144 Å². The van der Waals surface area contributed by atoms with Gasteiger partial charge >= 0.3 is 0 Å². The first-order valence-electron chi connectivity index (χ1n) is 30.0. The van der Waals surface area contributed by atoms with E-state index in [1.54, 1.807) is 0 Å². The third kappa shape index (κ3) is 8.79. The largest absolute Gasteiger partial charge is 0.457 e. The summed E-state index contributed by atoms with van der Waals surface area (Å²) < 4.78 is 9.81. The number of aromatic nitrogens is 2. The van der Waals surface area contributed by atoms with Crippen molar-refractivity contribution in [2.45, 2.75) is 57.8 Å². The molecule has 15 rings (SSSR count). The molecule has 0 saturated carbocycles. The van der Waals surface area contributed by atoms with Gasteiger partial charge in [0.1, 0.15) is 24.0 Å². The second-order valence-electron chi connectivity index (χ2n) is 25.2. The van der Waals surface area contributed by atoms with Crippen molar-refractivity contribution < 1.29 is 4.74 Å². The number of rotatable bonds is 10. The highest BCUT2D eigenvalue weighted by Crippen LogP contribution is 2.59. The van der Waals surface area contributed by atoms with Crippen LogP contribution >= 0.6 is 0 Å². The number of ether oxygens (including phenoxy) is 1. The average molecular weight is 1110 g/mol. The molecule has 3 heterocycles. The number of para-hydroxylation sites is 3. The Kier molecular flexibility index (Phi) is 12.6. The van der Waals surface area contributed by atoms with Crippen LogP contribution in [0.4, 0.5) is 22.7 Å². The SMILES string of the molecule is CC(C)(C)c1ccc(C2(c3cc(Oc4ccc5c6ccccc6n(-c6cc(C(C)(C)C)ccn6)c5c4)cc(N4CN(c5c(-c6ccccc6)cc(-c6ccccc6)cc5-c5ccccc5)c5ccccc54)c3)c3ccccc3-c3ccccc32)cc1. The minimum atomic E-state index is -0.731. The molecule has 1 aliphatic heterocycles. The molecule has 11 aromatic carbocycles. The lowest BCUT2D eigenvalue weighted by atomic mass is 9.67. The van der Waals surface area contributed by atoms with Gasteiger partial charge in [0, 0.05) is 45.9 Å². The Balaban J connectivity index is 0.967. The minimum Gasteiger partial charge on any atom is -0.457 e. The monoisotopic (exact) mass is 1110 g/mol. The molecule has 0 fully saturated rings. The molecular formula is C81H66N4O. The maximum atomic E-state index is 7.51. The van der Waals surface area contributed by atoms with Crippen LogP contribution in [0.2, 0.25) is 0 Å². The van der Waals surface area contributed by atoms with E-state index in [1.165, 1.54) is 44.5 Å². The number of anilines is 4. The van der Waals surface area contributed by atoms with Crippen LogP contribution in [0.3, 0.4) is 0 Å². The lowest BCUT2D eigenvalue weighted by molar-refractivity contribution is 0.482. The van der Waals surface area contributed by atoms with Crippen molar-refractivity contribution >= 4 is 44.6 Å². The van der Waals surface area contributed by atoms with Gasteiger partial charge in [-0.1, -0.05) is 236 Å². The minimum absolute atomic E-state index is 0.0337. The first-order chi connectivity index (χ1) is 41.9. The van der Waals surface area contributed by atoms with E-state index >= 15 is 0 Å². The maximum absolute atomic E-state index is 7.51. The van der Waals surface area contributed by atoms with Gasteiger partial charge in [-0.3, -0.25) is 4.57 Å². The van der Waals surface area contributed by atoms with Crippen LogP contribution in [0.15, 0.2) is 279 Å². The standard InChI is InChI=1S/C81H66N4O/c1-79(2,3)58-38-40-59(41-39-58)81(71-33-19-16-30-65(71)66-31-17-20-34-72(66)81)61-48-62(51-64(49-61)86-63-42-43-68-67-32-18-21-35-73(67)85(76(68)52-63)77-50-60(44-45-82-77)80(4,5)6)83-53-84(75-37-23-22-36-74(75)83)78-69(55-26-12-8-13-27-55)46-57(54-24-10-7-11-25-54)47-70(78)56-28-14-9-15-29-56/h7-52H,53H2,1-6H3. The first kappa shape index (κ1) is 52.6. The number of hydrogen-bond acceptors (Lipinski definition) is 4. The predicted octanol–water partition coefficient (Wildman–Crippen LogP) is 21.2. The van der Waals surface area contributed by atoms with Crippen molar-refractivity contribution in [2.24, 2.45) is 0 Å². The third-order valence-electron chi connectivity index (χ3n) is 17.9. The summed E-state index contributed by atoms with van der Waals surface area (Å²) in [7, 11) is 0. The summed E-state index contributed by atoms with van der Waals surface area (Å²) in [5.74, 6) is 2.34. The third-order valence-corrected chi connectivity index (χ3v) is 17.9. The molecule has 0 saturated heterocycles. The van der Waals surface area contributed by atoms with E-state index in [9.17, 15) is 0 Å². The van der Waals surface area contributed by atoms with Crippen LogP contribution in [-0.2, 0) is 16.2 Å². The Morgan fingerprint density at radius 1 is 0.384 bits per heavy atom. The van der Waals surface area contributed by atoms with E-state index in [0.717, 1.165) is 95.3 Å². The highest BCUT2D eigenvalue weighted by Gasteiger charge is 2.47. The highest BCUT2D eigenvalue weighted by atomic mass is 16.5. The molecule has 0 N–H and O–H groups in total. The molecule has 1 aliphatic carbocycles. The fourth-order valence-electron chi connectivity index (χ4n) is 13.7. The molecule has 2 aromatic heterocycles. The van der Waals surface area contributed by atoms with E-state index in [1.807, 2.05) is 6.20 Å². The molecular weight excluding hydrogens is 1040 g/mol. The zero-order chi connectivity index (χ0) is 58.3. The van der Waals surface area contributed by atoms with Gasteiger partial charge in [0.2, 0.25) is 0 Å². The quantitative estimate of drug-likeness (QED) is 0.137. The van der Waals surface area contributed by atoms with Gasteiger partial charge < -0.3 is 14.5 Å². The number of nitrogens with zero attached hydrogens (tertiary/aromatic N) is 4. The number of fused-ring (bicyclic) bond motifs is 7. The van der Waals surface area contributed by atoms with Crippen molar-refractivity contribution in [3.8, 4) is 61.8 Å². The van der Waals surface area contributed by atoms with Crippen LogP contribution in [0.5, 0.6) is 11.5 Å². The van der Waals surface area contributed by atoms with E-state index in [4.69, 9.17) is 9.72 Å². The maximum Gasteiger partial charge on any atom is 0.137 e. The number of pyridine rings is 1. The van der Waals surface area contributed by atoms with Crippen molar-refractivity contribution in [2.75, 3.05) is 16.5 Å². The summed E-state index contributed by atoms with van der Waals surface area (Å²) >= 11 is 0. The summed E-state index contributed by atoms with van der Waals surface area (Å²) in [6.07, 6.45) is 1.94. The molecule has 5 nitrogen and oxygen atoms in total. The van der Waals surface area contributed by atoms with Crippen LogP contribution in [0, 0.1) is 0 Å². The fraction of sp³-hybridized carbons (Fsp3) is 0.123. The average Bonchev–Trinajstić information content (AvgIpc) is 1.53. The van der Waals surface area contributed by atoms with E-state index in [2.05, 4.69) is 329 Å². The smallest absolute Gasteiger partial charge is 0.137 e. The predicted molar refractivity (Wildman–Crippen MR) is 358 cm³/mol. The van der Waals surface area contributed by atoms with Crippen LogP contribution < -0.4 is 14.5 Å². The Labute approximate surface area is 504 Å². The molecule has 5 heteroatoms. The van der Waals surface area contributed by atoms with Gasteiger partial charge in [-0.15, -0.1) is 0 Å². The summed E-state index contributed by atoms with van der Waals surface area (Å²) in [6.45, 7) is 14.2. The zero-order valence-corrected chi connectivity index (χ0v) is 49.5. The number of hydrogen-bond donors (Lipinski definition) is 0. The molecule has 2 aliphatic rings. The van der Waals surface area contributed by atoms with Gasteiger partial charge in [0.15, 0.2) is 0 Å². The molecule has 0 unspecified atom stereocenters. The summed E-state index contributed by atoms with van der Waals surface area (Å²) in [4.78, 5) is 10.1. The van der Waals surface area contributed by atoms with Crippen LogP contribution in [-0.4, -0.2) is 16.2 Å². The highest BCUT2D eigenvalue weighted by molar-refractivity contribution is 6.09. The topological polar surface area (TPSA) is 33.5 Å². The second-order valence-corrected chi connectivity index (χ2v) is 25.2. The van der Waals surface area contributed by atoms with E-state index in [0.29, 0.717) is 6.67 Å². The summed E-state index contributed by atoms with van der Waals surface area (Å²) in [5.41, 5.74) is 22.4. The van der Waals surface area contributed by atoms with Crippen molar-refractivity contribution in [1.29, 1.82) is 0 Å². The van der Waals surface area contributed by atoms with Crippen LogP contribution in [0.1, 0.15) is 74.9 Å². The lowest BCUT2D eigenvalue weighted by Crippen LogP contribution is -2.30. The summed E-state index contributed by atoms with van der Waals surface area (Å²) in [6, 6.07) is 100. The molecule has 0 bridgehead atoms. The van der Waals surface area contributed by atoms with Crippen molar-refractivity contribution in [3.05, 3.63) is 313 Å².